The predicted molar refractivity (Wildman–Crippen MR) is 46.2 cm³/mol. The molecule has 1 aliphatic rings. The summed E-state index contributed by atoms with van der Waals surface area (Å²) in [5.74, 6) is -0.210. The van der Waals surface area contributed by atoms with Crippen molar-refractivity contribution in [3.63, 3.8) is 0 Å². The number of carbonyl (C=O) groups excluding carboxylic acids is 1. The molecule has 0 amide bonds. The molecule has 0 spiro atoms. The number of rotatable bonds is 2. The molecule has 0 aromatic carbocycles. The summed E-state index contributed by atoms with van der Waals surface area (Å²) in [4.78, 5) is 10.8. The van der Waals surface area contributed by atoms with Crippen LogP contribution in [-0.2, 0) is 14.3 Å². The number of esters is 1. The zero-order valence-electron chi connectivity index (χ0n) is 7.04. The van der Waals surface area contributed by atoms with Gasteiger partial charge in [-0.05, 0) is 0 Å². The highest BCUT2D eigenvalue weighted by Crippen LogP contribution is 1.99. The molecule has 0 aromatic heterocycles. The molecule has 5 heteroatoms. The van der Waals surface area contributed by atoms with Crippen LogP contribution in [0.25, 0.3) is 0 Å². The third-order valence-corrected chi connectivity index (χ3v) is 1.45. The van der Waals surface area contributed by atoms with Crippen LogP contribution in [0.3, 0.4) is 0 Å². The smallest absolute Gasteiger partial charge is 0.307 e. The number of halogens is 1. The fourth-order valence-electron chi connectivity index (χ4n) is 0.847. The lowest BCUT2D eigenvalue weighted by Gasteiger charge is -2.22. The van der Waals surface area contributed by atoms with Crippen molar-refractivity contribution in [1.82, 2.24) is 5.32 Å². The van der Waals surface area contributed by atoms with Crippen LogP contribution in [0, 0.1) is 0 Å². The highest BCUT2D eigenvalue weighted by Gasteiger charge is 2.16. The minimum atomic E-state index is -0.379. The summed E-state index contributed by atoms with van der Waals surface area (Å²) in [6.07, 6.45) is 0.0241. The Morgan fingerprint density at radius 1 is 1.75 bits per heavy atom. The van der Waals surface area contributed by atoms with E-state index in [1.54, 1.807) is 6.92 Å². The van der Waals surface area contributed by atoms with Gasteiger partial charge >= 0.3 is 5.97 Å². The molecule has 1 heterocycles. The van der Waals surface area contributed by atoms with Crippen molar-refractivity contribution in [3.05, 3.63) is 0 Å². The molecular weight excluding hydrogens is 182 g/mol. The van der Waals surface area contributed by atoms with Crippen LogP contribution in [-0.4, -0.2) is 32.0 Å². The number of morpholine rings is 1. The van der Waals surface area contributed by atoms with Gasteiger partial charge in [0.2, 0.25) is 6.29 Å². The van der Waals surface area contributed by atoms with E-state index in [4.69, 9.17) is 9.47 Å². The van der Waals surface area contributed by atoms with Gasteiger partial charge in [0.15, 0.2) is 0 Å². The van der Waals surface area contributed by atoms with Crippen LogP contribution in [0.4, 0.5) is 0 Å². The zero-order chi connectivity index (χ0) is 8.10. The summed E-state index contributed by atoms with van der Waals surface area (Å²) in [7, 11) is 0. The standard InChI is InChI=1S/C7H13NO3.ClH/c1-2-6(9)11-7-5-8-3-4-10-7;/h7-8H,2-5H2,1H3;1H. The zero-order valence-corrected chi connectivity index (χ0v) is 7.86. The van der Waals surface area contributed by atoms with E-state index in [2.05, 4.69) is 5.32 Å². The Labute approximate surface area is 78.0 Å². The van der Waals surface area contributed by atoms with Crippen molar-refractivity contribution in [2.24, 2.45) is 0 Å². The van der Waals surface area contributed by atoms with Crippen molar-refractivity contribution in [1.29, 1.82) is 0 Å². The summed E-state index contributed by atoms with van der Waals surface area (Å²) in [5, 5.41) is 3.06. The number of ether oxygens (including phenoxy) is 2. The predicted octanol–water partition coefficient (Wildman–Crippen LogP) is 0.307. The Morgan fingerprint density at radius 3 is 3.00 bits per heavy atom. The van der Waals surface area contributed by atoms with Gasteiger partial charge in [-0.15, -0.1) is 12.4 Å². The summed E-state index contributed by atoms with van der Waals surface area (Å²) >= 11 is 0. The highest BCUT2D eigenvalue weighted by molar-refractivity contribution is 5.85. The third kappa shape index (κ3) is 3.90. The molecule has 0 aromatic rings. The number of nitrogens with one attached hydrogen (secondary N) is 1. The first kappa shape index (κ1) is 11.7. The molecule has 1 fully saturated rings. The lowest BCUT2D eigenvalue weighted by molar-refractivity contribution is -0.182. The molecule has 1 unspecified atom stereocenters. The molecular formula is C7H14ClNO3. The number of hydrogen-bond acceptors (Lipinski definition) is 4. The van der Waals surface area contributed by atoms with E-state index in [1.807, 2.05) is 0 Å². The molecule has 4 nitrogen and oxygen atoms in total. The molecule has 0 aliphatic carbocycles. The molecule has 72 valence electrons. The van der Waals surface area contributed by atoms with Crippen molar-refractivity contribution >= 4 is 18.4 Å². The van der Waals surface area contributed by atoms with Crippen LogP contribution >= 0.6 is 12.4 Å². The van der Waals surface area contributed by atoms with Gasteiger partial charge in [-0.1, -0.05) is 6.92 Å². The summed E-state index contributed by atoms with van der Waals surface area (Å²) in [6, 6.07) is 0. The van der Waals surface area contributed by atoms with Crippen molar-refractivity contribution in [2.45, 2.75) is 19.6 Å². The number of carbonyl (C=O) groups is 1. The van der Waals surface area contributed by atoms with E-state index >= 15 is 0 Å². The lowest BCUT2D eigenvalue weighted by Crippen LogP contribution is -2.40. The molecule has 1 rings (SSSR count). The summed E-state index contributed by atoms with van der Waals surface area (Å²) in [5.41, 5.74) is 0. The van der Waals surface area contributed by atoms with E-state index in [0.717, 1.165) is 6.54 Å². The van der Waals surface area contributed by atoms with Gasteiger partial charge in [0.05, 0.1) is 13.2 Å². The van der Waals surface area contributed by atoms with Gasteiger partial charge in [-0.25, -0.2) is 0 Å². The van der Waals surface area contributed by atoms with E-state index in [-0.39, 0.29) is 24.7 Å². The molecule has 1 aliphatic heterocycles. The maximum Gasteiger partial charge on any atom is 0.307 e. The second kappa shape index (κ2) is 6.22. The molecule has 12 heavy (non-hydrogen) atoms. The third-order valence-electron chi connectivity index (χ3n) is 1.45. The SMILES string of the molecule is CCC(=O)OC1CNCCO1.Cl. The van der Waals surface area contributed by atoms with Crippen molar-refractivity contribution in [3.8, 4) is 0 Å². The van der Waals surface area contributed by atoms with Crippen LogP contribution in [0.1, 0.15) is 13.3 Å². The van der Waals surface area contributed by atoms with Gasteiger partial charge in [0.1, 0.15) is 0 Å². The van der Waals surface area contributed by atoms with Gasteiger partial charge in [0, 0.05) is 13.0 Å². The Morgan fingerprint density at radius 2 is 2.50 bits per heavy atom. The van der Waals surface area contributed by atoms with Crippen LogP contribution < -0.4 is 5.32 Å². The van der Waals surface area contributed by atoms with Crippen LogP contribution in [0.15, 0.2) is 0 Å². The van der Waals surface area contributed by atoms with Crippen molar-refractivity contribution < 1.29 is 14.3 Å². The monoisotopic (exact) mass is 195 g/mol. The Balaban J connectivity index is 0.00000121. The van der Waals surface area contributed by atoms with E-state index < -0.39 is 0 Å². The first-order chi connectivity index (χ1) is 5.33. The first-order valence-corrected chi connectivity index (χ1v) is 3.84. The molecule has 0 saturated carbocycles. The quantitative estimate of drug-likeness (QED) is 0.645. The maximum absolute atomic E-state index is 10.8. The van der Waals surface area contributed by atoms with E-state index in [1.165, 1.54) is 0 Å². The summed E-state index contributed by atoms with van der Waals surface area (Å²) < 4.78 is 10.1. The van der Waals surface area contributed by atoms with Gasteiger partial charge in [0.25, 0.3) is 0 Å². The van der Waals surface area contributed by atoms with E-state index in [9.17, 15) is 4.79 Å². The molecule has 1 atom stereocenters. The van der Waals surface area contributed by atoms with Crippen molar-refractivity contribution in [2.75, 3.05) is 19.7 Å². The molecule has 1 saturated heterocycles. The Kier molecular flexibility index (Phi) is 6.06. The number of hydrogen-bond donors (Lipinski definition) is 1. The fraction of sp³-hybridized carbons (Fsp3) is 0.857. The minimum absolute atomic E-state index is 0. The second-order valence-corrected chi connectivity index (χ2v) is 2.35. The normalized spacial score (nSPS) is 22.6. The largest absolute Gasteiger partial charge is 0.434 e. The van der Waals surface area contributed by atoms with Gasteiger partial charge in [-0.3, -0.25) is 4.79 Å². The molecule has 0 radical (unpaired) electrons. The van der Waals surface area contributed by atoms with Crippen LogP contribution in [0.2, 0.25) is 0 Å². The average Bonchev–Trinajstić information content (AvgIpc) is 2.06. The molecule has 1 N–H and O–H groups in total. The lowest BCUT2D eigenvalue weighted by atomic mass is 10.4. The van der Waals surface area contributed by atoms with Gasteiger partial charge in [-0.2, -0.15) is 0 Å². The average molecular weight is 196 g/mol. The highest BCUT2D eigenvalue weighted by atomic mass is 35.5. The Bertz CT molecular complexity index is 137. The van der Waals surface area contributed by atoms with Crippen LogP contribution in [0.5, 0.6) is 0 Å². The fourth-order valence-corrected chi connectivity index (χ4v) is 0.847. The Hall–Kier alpha value is -0.320. The topological polar surface area (TPSA) is 47.6 Å². The summed E-state index contributed by atoms with van der Waals surface area (Å²) in [6.45, 7) is 3.81. The second-order valence-electron chi connectivity index (χ2n) is 2.35. The van der Waals surface area contributed by atoms with Gasteiger partial charge < -0.3 is 14.8 Å². The minimum Gasteiger partial charge on any atom is -0.434 e. The molecule has 0 bridgehead atoms. The first-order valence-electron chi connectivity index (χ1n) is 3.84. The van der Waals surface area contributed by atoms with E-state index in [0.29, 0.717) is 19.6 Å². The maximum atomic E-state index is 10.8.